The highest BCUT2D eigenvalue weighted by molar-refractivity contribution is 6.31. The highest BCUT2D eigenvalue weighted by Crippen LogP contribution is 2.27. The van der Waals surface area contributed by atoms with Crippen LogP contribution in [0.15, 0.2) is 30.3 Å². The fraction of sp³-hybridized carbons (Fsp3) is 0.200. The summed E-state index contributed by atoms with van der Waals surface area (Å²) in [4.78, 5) is 0. The maximum atomic E-state index is 13.9. The average molecular weight is 315 g/mol. The minimum Gasteiger partial charge on any atom is -0.271 e. The standard InChI is InChI=1S/C15H14ClF3N2/c1-8-4-11(14(19)7-13(8)18)15(21-20)5-9-2-3-10(17)6-12(9)16/h2-4,6-7,15,21H,5,20H2,1H3. The molecule has 0 amide bonds. The Balaban J connectivity index is 2.34. The summed E-state index contributed by atoms with van der Waals surface area (Å²) in [6, 6.07) is 5.56. The number of hydrogen-bond donors (Lipinski definition) is 2. The van der Waals surface area contributed by atoms with Crippen LogP contribution in [0.25, 0.3) is 0 Å². The second-order valence-corrected chi connectivity index (χ2v) is 5.19. The Bertz CT molecular complexity index is 662. The molecule has 21 heavy (non-hydrogen) atoms. The average Bonchev–Trinajstić information content (AvgIpc) is 2.43. The number of hydrazine groups is 1. The number of halogens is 4. The van der Waals surface area contributed by atoms with Crippen molar-refractivity contribution in [3.8, 4) is 0 Å². The molecule has 0 radical (unpaired) electrons. The molecule has 0 heterocycles. The molecule has 2 aromatic carbocycles. The molecule has 0 bridgehead atoms. The van der Waals surface area contributed by atoms with Gasteiger partial charge in [0.05, 0.1) is 6.04 Å². The summed E-state index contributed by atoms with van der Waals surface area (Å²) >= 11 is 5.95. The fourth-order valence-corrected chi connectivity index (χ4v) is 2.36. The van der Waals surface area contributed by atoms with Crippen LogP contribution in [0.1, 0.15) is 22.7 Å². The Morgan fingerprint density at radius 3 is 2.48 bits per heavy atom. The van der Waals surface area contributed by atoms with Crippen LogP contribution in [-0.2, 0) is 6.42 Å². The number of nitrogens with one attached hydrogen (secondary N) is 1. The third kappa shape index (κ3) is 3.56. The van der Waals surface area contributed by atoms with E-state index in [0.29, 0.717) is 11.1 Å². The second kappa shape index (κ2) is 6.47. The lowest BCUT2D eigenvalue weighted by Gasteiger charge is -2.18. The number of hydrogen-bond acceptors (Lipinski definition) is 2. The summed E-state index contributed by atoms with van der Waals surface area (Å²) in [6.07, 6.45) is 0.248. The van der Waals surface area contributed by atoms with Crippen LogP contribution >= 0.6 is 11.6 Å². The van der Waals surface area contributed by atoms with Crippen molar-refractivity contribution < 1.29 is 13.2 Å². The quantitative estimate of drug-likeness (QED) is 0.665. The molecule has 2 nitrogen and oxygen atoms in total. The maximum Gasteiger partial charge on any atom is 0.130 e. The highest BCUT2D eigenvalue weighted by atomic mass is 35.5. The number of nitrogens with two attached hydrogens (primary N) is 1. The summed E-state index contributed by atoms with van der Waals surface area (Å²) in [5.74, 6) is 3.69. The molecule has 0 spiro atoms. The summed E-state index contributed by atoms with van der Waals surface area (Å²) in [6.45, 7) is 1.54. The third-order valence-corrected chi connectivity index (χ3v) is 3.65. The lowest BCUT2D eigenvalue weighted by molar-refractivity contribution is 0.500. The minimum absolute atomic E-state index is 0.231. The second-order valence-electron chi connectivity index (χ2n) is 4.78. The van der Waals surface area contributed by atoms with E-state index in [4.69, 9.17) is 17.4 Å². The third-order valence-electron chi connectivity index (χ3n) is 3.29. The molecule has 0 aliphatic carbocycles. The highest BCUT2D eigenvalue weighted by Gasteiger charge is 2.18. The van der Waals surface area contributed by atoms with E-state index in [0.717, 1.165) is 6.07 Å². The van der Waals surface area contributed by atoms with Crippen LogP contribution < -0.4 is 11.3 Å². The molecule has 0 saturated carbocycles. The molecule has 0 aliphatic rings. The Morgan fingerprint density at radius 1 is 1.14 bits per heavy atom. The number of rotatable bonds is 4. The van der Waals surface area contributed by atoms with E-state index in [2.05, 4.69) is 5.43 Å². The molecule has 3 N–H and O–H groups in total. The fourth-order valence-electron chi connectivity index (χ4n) is 2.11. The first-order valence-corrected chi connectivity index (χ1v) is 6.65. The summed E-state index contributed by atoms with van der Waals surface area (Å²) in [5.41, 5.74) is 3.64. The number of aryl methyl sites for hydroxylation is 1. The van der Waals surface area contributed by atoms with E-state index >= 15 is 0 Å². The van der Waals surface area contributed by atoms with E-state index < -0.39 is 23.5 Å². The van der Waals surface area contributed by atoms with Crippen molar-refractivity contribution in [2.75, 3.05) is 0 Å². The largest absolute Gasteiger partial charge is 0.271 e. The van der Waals surface area contributed by atoms with Crippen molar-refractivity contribution in [1.29, 1.82) is 0 Å². The van der Waals surface area contributed by atoms with Gasteiger partial charge in [0.15, 0.2) is 0 Å². The Labute approximate surface area is 125 Å². The van der Waals surface area contributed by atoms with E-state index in [1.54, 1.807) is 0 Å². The van der Waals surface area contributed by atoms with Gasteiger partial charge in [-0.15, -0.1) is 0 Å². The first-order valence-electron chi connectivity index (χ1n) is 6.28. The summed E-state index contributed by atoms with van der Waals surface area (Å²) in [5, 5.41) is 0.231. The monoisotopic (exact) mass is 314 g/mol. The predicted molar refractivity (Wildman–Crippen MR) is 76.3 cm³/mol. The molecule has 112 valence electrons. The number of benzene rings is 2. The Kier molecular flexibility index (Phi) is 4.88. The van der Waals surface area contributed by atoms with E-state index in [1.165, 1.54) is 31.2 Å². The molecule has 2 rings (SSSR count). The van der Waals surface area contributed by atoms with Gasteiger partial charge in [0, 0.05) is 16.7 Å². The minimum atomic E-state index is -0.695. The molecule has 1 unspecified atom stereocenters. The van der Waals surface area contributed by atoms with Crippen molar-refractivity contribution >= 4 is 11.6 Å². The Hall–Kier alpha value is -1.56. The van der Waals surface area contributed by atoms with Gasteiger partial charge in [-0.2, -0.15) is 0 Å². The summed E-state index contributed by atoms with van der Waals surface area (Å²) in [7, 11) is 0. The smallest absolute Gasteiger partial charge is 0.130 e. The molecule has 1 atom stereocenters. The topological polar surface area (TPSA) is 38.0 Å². The van der Waals surface area contributed by atoms with E-state index in [-0.39, 0.29) is 17.0 Å². The van der Waals surface area contributed by atoms with Gasteiger partial charge in [-0.3, -0.25) is 11.3 Å². The van der Waals surface area contributed by atoms with Gasteiger partial charge in [-0.25, -0.2) is 13.2 Å². The normalized spacial score (nSPS) is 12.5. The lowest BCUT2D eigenvalue weighted by Crippen LogP contribution is -2.30. The molecular formula is C15H14ClF3N2. The van der Waals surface area contributed by atoms with Crippen molar-refractivity contribution in [3.05, 3.63) is 69.5 Å². The van der Waals surface area contributed by atoms with Crippen molar-refractivity contribution in [2.45, 2.75) is 19.4 Å². The van der Waals surface area contributed by atoms with Crippen LogP contribution in [0, 0.1) is 24.4 Å². The van der Waals surface area contributed by atoms with Crippen molar-refractivity contribution in [3.63, 3.8) is 0 Å². The van der Waals surface area contributed by atoms with Gasteiger partial charge in [0.1, 0.15) is 17.5 Å². The molecule has 0 aromatic heterocycles. The van der Waals surface area contributed by atoms with Gasteiger partial charge in [0.2, 0.25) is 0 Å². The van der Waals surface area contributed by atoms with Crippen LogP contribution in [-0.4, -0.2) is 0 Å². The van der Waals surface area contributed by atoms with Crippen LogP contribution in [0.3, 0.4) is 0 Å². The first-order chi connectivity index (χ1) is 9.92. The molecule has 6 heteroatoms. The van der Waals surface area contributed by atoms with E-state index in [9.17, 15) is 13.2 Å². The van der Waals surface area contributed by atoms with Gasteiger partial charge in [-0.05, 0) is 42.7 Å². The first kappa shape index (κ1) is 15.8. The summed E-state index contributed by atoms with van der Waals surface area (Å²) < 4.78 is 40.2. The molecular weight excluding hydrogens is 301 g/mol. The van der Waals surface area contributed by atoms with Crippen LogP contribution in [0.2, 0.25) is 5.02 Å². The van der Waals surface area contributed by atoms with Gasteiger partial charge in [-0.1, -0.05) is 17.7 Å². The maximum absolute atomic E-state index is 13.9. The zero-order chi connectivity index (χ0) is 15.6. The van der Waals surface area contributed by atoms with Gasteiger partial charge in [0.25, 0.3) is 0 Å². The van der Waals surface area contributed by atoms with Crippen molar-refractivity contribution in [2.24, 2.45) is 5.84 Å². The van der Waals surface area contributed by atoms with Gasteiger partial charge < -0.3 is 0 Å². The van der Waals surface area contributed by atoms with Crippen LogP contribution in [0.4, 0.5) is 13.2 Å². The lowest BCUT2D eigenvalue weighted by atomic mass is 9.97. The van der Waals surface area contributed by atoms with Crippen LogP contribution in [0.5, 0.6) is 0 Å². The van der Waals surface area contributed by atoms with E-state index in [1.807, 2.05) is 0 Å². The zero-order valence-corrected chi connectivity index (χ0v) is 12.0. The van der Waals surface area contributed by atoms with Gasteiger partial charge >= 0.3 is 0 Å². The molecule has 0 fully saturated rings. The predicted octanol–water partition coefficient (Wildman–Crippen LogP) is 3.81. The SMILES string of the molecule is Cc1cc(C(Cc2ccc(F)cc2Cl)NN)c(F)cc1F. The molecule has 0 aliphatic heterocycles. The molecule has 0 saturated heterocycles. The molecule has 2 aromatic rings. The Morgan fingerprint density at radius 2 is 1.86 bits per heavy atom. The zero-order valence-electron chi connectivity index (χ0n) is 11.3. The van der Waals surface area contributed by atoms with Crippen molar-refractivity contribution in [1.82, 2.24) is 5.43 Å².